The monoisotopic (exact) mass is 376 g/mol. The Kier molecular flexibility index (Phi) is 4.68. The molecule has 0 saturated heterocycles. The SMILES string of the molecule is O=C(Nc1ccccc1[N+](=O)[O-])c1ccc(-c2cccc(C(F)(F)F)c2)o1. The zero-order chi connectivity index (χ0) is 19.6. The van der Waals surface area contributed by atoms with Gasteiger partial charge in [0, 0.05) is 11.6 Å². The lowest BCUT2D eigenvalue weighted by atomic mass is 10.1. The van der Waals surface area contributed by atoms with E-state index in [1.54, 1.807) is 0 Å². The van der Waals surface area contributed by atoms with Crippen LogP contribution in [0.4, 0.5) is 24.5 Å². The highest BCUT2D eigenvalue weighted by Gasteiger charge is 2.30. The van der Waals surface area contributed by atoms with Crippen molar-refractivity contribution in [3.05, 3.63) is 82.1 Å². The van der Waals surface area contributed by atoms with E-state index in [4.69, 9.17) is 4.42 Å². The van der Waals surface area contributed by atoms with Gasteiger partial charge >= 0.3 is 6.18 Å². The molecule has 0 unspecified atom stereocenters. The fourth-order valence-corrected chi connectivity index (χ4v) is 2.39. The van der Waals surface area contributed by atoms with Crippen LogP contribution in [0.25, 0.3) is 11.3 Å². The summed E-state index contributed by atoms with van der Waals surface area (Å²) >= 11 is 0. The Hall–Kier alpha value is -3.62. The molecule has 0 saturated carbocycles. The van der Waals surface area contributed by atoms with Crippen LogP contribution in [0.5, 0.6) is 0 Å². The zero-order valence-corrected chi connectivity index (χ0v) is 13.5. The van der Waals surface area contributed by atoms with Crippen molar-refractivity contribution in [3.8, 4) is 11.3 Å². The van der Waals surface area contributed by atoms with E-state index in [1.807, 2.05) is 0 Å². The zero-order valence-electron chi connectivity index (χ0n) is 13.5. The van der Waals surface area contributed by atoms with Gasteiger partial charge < -0.3 is 9.73 Å². The number of alkyl halides is 3. The third kappa shape index (κ3) is 3.97. The van der Waals surface area contributed by atoms with E-state index < -0.39 is 22.6 Å². The van der Waals surface area contributed by atoms with Crippen molar-refractivity contribution in [1.29, 1.82) is 0 Å². The molecule has 1 N–H and O–H groups in total. The maximum Gasteiger partial charge on any atom is 0.416 e. The van der Waals surface area contributed by atoms with Crippen molar-refractivity contribution in [3.63, 3.8) is 0 Å². The molecular weight excluding hydrogens is 365 g/mol. The van der Waals surface area contributed by atoms with E-state index in [0.717, 1.165) is 12.1 Å². The lowest BCUT2D eigenvalue weighted by Gasteiger charge is -2.07. The normalized spacial score (nSPS) is 11.2. The lowest BCUT2D eigenvalue weighted by molar-refractivity contribution is -0.383. The standard InChI is InChI=1S/C18H11F3N2O4/c19-18(20,21)12-5-3-4-11(10-12)15-8-9-16(27-15)17(24)22-13-6-1-2-7-14(13)23(25)26/h1-10H,(H,22,24). The van der Waals surface area contributed by atoms with Gasteiger partial charge in [-0.25, -0.2) is 0 Å². The van der Waals surface area contributed by atoms with Gasteiger partial charge in [-0.05, 0) is 30.3 Å². The number of halogens is 3. The summed E-state index contributed by atoms with van der Waals surface area (Å²) in [6, 6.07) is 12.6. The number of benzene rings is 2. The molecule has 9 heteroatoms. The van der Waals surface area contributed by atoms with Crippen LogP contribution in [0.3, 0.4) is 0 Å². The van der Waals surface area contributed by atoms with Gasteiger partial charge in [0.25, 0.3) is 11.6 Å². The second-order valence-electron chi connectivity index (χ2n) is 5.47. The Labute approximate surface area is 150 Å². The van der Waals surface area contributed by atoms with Crippen molar-refractivity contribution in [1.82, 2.24) is 0 Å². The first-order chi connectivity index (χ1) is 12.8. The third-order valence-corrected chi connectivity index (χ3v) is 3.65. The summed E-state index contributed by atoms with van der Waals surface area (Å²) in [5.41, 5.74) is -1.02. The number of hydrogen-bond acceptors (Lipinski definition) is 4. The van der Waals surface area contributed by atoms with E-state index in [1.165, 1.54) is 48.5 Å². The van der Waals surface area contributed by atoms with Crippen molar-refractivity contribution < 1.29 is 27.3 Å². The Bertz CT molecular complexity index is 1010. The topological polar surface area (TPSA) is 85.4 Å². The highest BCUT2D eigenvalue weighted by Crippen LogP contribution is 2.33. The number of carbonyl (C=O) groups excluding carboxylic acids is 1. The van der Waals surface area contributed by atoms with Gasteiger partial charge in [-0.15, -0.1) is 0 Å². The van der Waals surface area contributed by atoms with E-state index in [9.17, 15) is 28.1 Å². The summed E-state index contributed by atoms with van der Waals surface area (Å²) in [5.74, 6) is -0.892. The van der Waals surface area contributed by atoms with Crippen molar-refractivity contribution in [2.45, 2.75) is 6.18 Å². The minimum Gasteiger partial charge on any atom is -0.451 e. The largest absolute Gasteiger partial charge is 0.451 e. The van der Waals surface area contributed by atoms with Gasteiger partial charge in [-0.1, -0.05) is 24.3 Å². The quantitative estimate of drug-likeness (QED) is 0.505. The fraction of sp³-hybridized carbons (Fsp3) is 0.0556. The number of para-hydroxylation sites is 2. The van der Waals surface area contributed by atoms with Crippen LogP contribution in [0.1, 0.15) is 16.1 Å². The minimum atomic E-state index is -4.50. The second kappa shape index (κ2) is 6.94. The number of anilines is 1. The minimum absolute atomic E-state index is 0.0236. The molecule has 138 valence electrons. The van der Waals surface area contributed by atoms with Gasteiger partial charge in [-0.3, -0.25) is 14.9 Å². The van der Waals surface area contributed by atoms with E-state index in [0.29, 0.717) is 0 Å². The van der Waals surface area contributed by atoms with Gasteiger partial charge in [-0.2, -0.15) is 13.2 Å². The summed E-state index contributed by atoms with van der Waals surface area (Å²) in [5, 5.41) is 13.3. The molecule has 1 amide bonds. The van der Waals surface area contributed by atoms with Crippen LogP contribution in [-0.4, -0.2) is 10.8 Å². The molecule has 1 aromatic heterocycles. The van der Waals surface area contributed by atoms with Crippen LogP contribution >= 0.6 is 0 Å². The predicted octanol–water partition coefficient (Wildman–Crippen LogP) is 5.13. The Morgan fingerprint density at radius 3 is 2.48 bits per heavy atom. The highest BCUT2D eigenvalue weighted by molar-refractivity contribution is 6.03. The van der Waals surface area contributed by atoms with Crippen molar-refractivity contribution >= 4 is 17.3 Å². The van der Waals surface area contributed by atoms with E-state index in [2.05, 4.69) is 5.32 Å². The number of carbonyl (C=O) groups is 1. The summed E-state index contributed by atoms with van der Waals surface area (Å²) in [6.07, 6.45) is -4.50. The van der Waals surface area contributed by atoms with Crippen molar-refractivity contribution in [2.75, 3.05) is 5.32 Å². The van der Waals surface area contributed by atoms with Gasteiger partial charge in [0.15, 0.2) is 5.76 Å². The van der Waals surface area contributed by atoms with Crippen molar-refractivity contribution in [2.24, 2.45) is 0 Å². The van der Waals surface area contributed by atoms with E-state index >= 15 is 0 Å². The molecular formula is C18H11F3N2O4. The molecule has 6 nitrogen and oxygen atoms in total. The number of furan rings is 1. The summed E-state index contributed by atoms with van der Waals surface area (Å²) < 4.78 is 43.8. The number of nitrogens with zero attached hydrogens (tertiary/aromatic N) is 1. The van der Waals surface area contributed by atoms with Crippen LogP contribution in [0.15, 0.2) is 65.1 Å². The number of nitro groups is 1. The number of amides is 1. The molecule has 1 heterocycles. The van der Waals surface area contributed by atoms with E-state index in [-0.39, 0.29) is 28.5 Å². The molecule has 0 aliphatic rings. The van der Waals surface area contributed by atoms with Crippen LogP contribution in [-0.2, 0) is 6.18 Å². The van der Waals surface area contributed by atoms with Gasteiger partial charge in [0.1, 0.15) is 11.4 Å². The third-order valence-electron chi connectivity index (χ3n) is 3.65. The second-order valence-corrected chi connectivity index (χ2v) is 5.47. The number of rotatable bonds is 4. The molecule has 2 aromatic carbocycles. The predicted molar refractivity (Wildman–Crippen MR) is 90.2 cm³/mol. The smallest absolute Gasteiger partial charge is 0.416 e. The molecule has 0 aliphatic carbocycles. The first-order valence-corrected chi connectivity index (χ1v) is 7.58. The summed E-state index contributed by atoms with van der Waals surface area (Å²) in [4.78, 5) is 22.6. The molecule has 27 heavy (non-hydrogen) atoms. The first kappa shape index (κ1) is 18.2. The van der Waals surface area contributed by atoms with Crippen LogP contribution < -0.4 is 5.32 Å². The molecule has 0 aliphatic heterocycles. The first-order valence-electron chi connectivity index (χ1n) is 7.58. The Morgan fingerprint density at radius 1 is 1.04 bits per heavy atom. The fourth-order valence-electron chi connectivity index (χ4n) is 2.39. The maximum atomic E-state index is 12.8. The lowest BCUT2D eigenvalue weighted by Crippen LogP contribution is -2.12. The molecule has 0 atom stereocenters. The molecule has 0 fully saturated rings. The Morgan fingerprint density at radius 2 is 1.78 bits per heavy atom. The van der Waals surface area contributed by atoms with Crippen LogP contribution in [0.2, 0.25) is 0 Å². The molecule has 3 aromatic rings. The Balaban J connectivity index is 1.84. The molecule has 0 radical (unpaired) electrons. The van der Waals surface area contributed by atoms with Gasteiger partial charge in [0.05, 0.1) is 10.5 Å². The van der Waals surface area contributed by atoms with Gasteiger partial charge in [0.2, 0.25) is 0 Å². The number of hydrogen-bond donors (Lipinski definition) is 1. The molecule has 0 bridgehead atoms. The maximum absolute atomic E-state index is 12.8. The highest BCUT2D eigenvalue weighted by atomic mass is 19.4. The molecule has 0 spiro atoms. The average Bonchev–Trinajstić information content (AvgIpc) is 3.12. The summed E-state index contributed by atoms with van der Waals surface area (Å²) in [7, 11) is 0. The average molecular weight is 376 g/mol. The number of nitro benzene ring substituents is 1. The van der Waals surface area contributed by atoms with Crippen LogP contribution in [0, 0.1) is 10.1 Å². The number of nitrogens with one attached hydrogen (secondary N) is 1. The molecule has 3 rings (SSSR count). The summed E-state index contributed by atoms with van der Waals surface area (Å²) in [6.45, 7) is 0.